The first kappa shape index (κ1) is 35.8. The van der Waals surface area contributed by atoms with Gasteiger partial charge in [0, 0.05) is 18.7 Å². The van der Waals surface area contributed by atoms with Crippen LogP contribution in [0.25, 0.3) is 44.2 Å². The van der Waals surface area contributed by atoms with Crippen LogP contribution in [-0.4, -0.2) is 74.1 Å². The maximum atomic E-state index is 13.6. The number of nitrogens with one attached hydrogen (secondary N) is 3. The molecule has 2 aliphatic rings. The van der Waals surface area contributed by atoms with Gasteiger partial charge in [-0.15, -0.1) is 0 Å². The van der Waals surface area contributed by atoms with Crippen LogP contribution in [0.15, 0.2) is 91.1 Å². The number of H-pyrrole nitrogens is 2. The average Bonchev–Trinajstić information content (AvgIpc) is 4.04. The van der Waals surface area contributed by atoms with Crippen molar-refractivity contribution in [1.29, 1.82) is 0 Å². The molecule has 282 valence electrons. The molecule has 6 aromatic rings. The minimum atomic E-state index is -0.683. The molecule has 2 fully saturated rings. The third-order valence-electron chi connectivity index (χ3n) is 10.8. The SMILES string of the molecule is COC(=O)N[C@H](C(=O)N1CCC[C@H]1c1ncc(-c2ccc3cc(-c4ccc5nc([C@@H]6CCCN6C(=O)OCc6ccccc6)[nH]c5c4)ccc3c2)[nH]1)C(C)C. The number of likely N-dealkylation sites (tertiary alicyclic amines) is 2. The van der Waals surface area contributed by atoms with E-state index < -0.39 is 12.1 Å². The maximum Gasteiger partial charge on any atom is 0.410 e. The highest BCUT2D eigenvalue weighted by Gasteiger charge is 2.38. The van der Waals surface area contributed by atoms with Crippen molar-refractivity contribution in [3.63, 3.8) is 0 Å². The Morgan fingerprint density at radius 3 is 2.24 bits per heavy atom. The molecular weight excluding hydrogens is 695 g/mol. The second kappa shape index (κ2) is 15.3. The van der Waals surface area contributed by atoms with Crippen LogP contribution >= 0.6 is 0 Å². The Morgan fingerprint density at radius 1 is 0.818 bits per heavy atom. The van der Waals surface area contributed by atoms with Gasteiger partial charge >= 0.3 is 12.2 Å². The van der Waals surface area contributed by atoms with Crippen molar-refractivity contribution in [2.24, 2.45) is 5.92 Å². The molecule has 3 amide bonds. The zero-order chi connectivity index (χ0) is 38.1. The highest BCUT2D eigenvalue weighted by molar-refractivity contribution is 5.92. The molecule has 0 radical (unpaired) electrons. The molecule has 12 heteroatoms. The topological polar surface area (TPSA) is 146 Å². The number of aromatic amines is 2. The van der Waals surface area contributed by atoms with Crippen LogP contribution < -0.4 is 5.32 Å². The molecule has 12 nitrogen and oxygen atoms in total. The van der Waals surface area contributed by atoms with E-state index in [-0.39, 0.29) is 36.6 Å². The Labute approximate surface area is 319 Å². The first-order valence-electron chi connectivity index (χ1n) is 19.0. The number of nitrogens with zero attached hydrogens (tertiary/aromatic N) is 4. The lowest BCUT2D eigenvalue weighted by Crippen LogP contribution is -2.51. The van der Waals surface area contributed by atoms with Crippen LogP contribution in [0.4, 0.5) is 9.59 Å². The minimum Gasteiger partial charge on any atom is -0.453 e. The van der Waals surface area contributed by atoms with Crippen molar-refractivity contribution >= 4 is 39.9 Å². The van der Waals surface area contributed by atoms with Gasteiger partial charge in [0.2, 0.25) is 5.91 Å². The van der Waals surface area contributed by atoms with E-state index in [0.29, 0.717) is 13.1 Å². The minimum absolute atomic E-state index is 0.0999. The number of rotatable bonds is 9. The Morgan fingerprint density at radius 2 is 1.49 bits per heavy atom. The third kappa shape index (κ3) is 7.36. The fourth-order valence-corrected chi connectivity index (χ4v) is 7.88. The summed E-state index contributed by atoms with van der Waals surface area (Å²) in [5.74, 6) is 1.28. The Kier molecular flexibility index (Phi) is 9.96. The molecule has 0 unspecified atom stereocenters. The van der Waals surface area contributed by atoms with E-state index in [1.54, 1.807) is 4.90 Å². The van der Waals surface area contributed by atoms with E-state index in [2.05, 4.69) is 63.8 Å². The molecular formula is C43H45N7O5. The van der Waals surface area contributed by atoms with Crippen LogP contribution in [-0.2, 0) is 20.9 Å². The molecule has 0 bridgehead atoms. The number of imidazole rings is 2. The molecule has 8 rings (SSSR count). The number of benzene rings is 4. The van der Waals surface area contributed by atoms with E-state index >= 15 is 0 Å². The van der Waals surface area contributed by atoms with Gasteiger partial charge in [-0.1, -0.05) is 74.5 Å². The molecule has 0 aliphatic carbocycles. The van der Waals surface area contributed by atoms with Crippen LogP contribution in [0.5, 0.6) is 0 Å². The number of carbonyl (C=O) groups excluding carboxylic acids is 3. The lowest BCUT2D eigenvalue weighted by molar-refractivity contribution is -0.135. The zero-order valence-electron chi connectivity index (χ0n) is 31.2. The lowest BCUT2D eigenvalue weighted by atomic mass is 9.99. The van der Waals surface area contributed by atoms with Crippen molar-refractivity contribution in [1.82, 2.24) is 35.1 Å². The average molecular weight is 740 g/mol. The number of hydrogen-bond acceptors (Lipinski definition) is 7. The zero-order valence-corrected chi connectivity index (χ0v) is 31.2. The highest BCUT2D eigenvalue weighted by Crippen LogP contribution is 2.36. The van der Waals surface area contributed by atoms with Gasteiger partial charge in [0.25, 0.3) is 0 Å². The van der Waals surface area contributed by atoms with Gasteiger partial charge in [-0.25, -0.2) is 19.6 Å². The Balaban J connectivity index is 0.965. The van der Waals surface area contributed by atoms with E-state index in [1.807, 2.05) is 61.3 Å². The molecule has 4 heterocycles. The summed E-state index contributed by atoms with van der Waals surface area (Å²) >= 11 is 0. The van der Waals surface area contributed by atoms with Crippen LogP contribution in [0, 0.1) is 5.92 Å². The summed E-state index contributed by atoms with van der Waals surface area (Å²) in [4.78, 5) is 58.8. The predicted molar refractivity (Wildman–Crippen MR) is 210 cm³/mol. The van der Waals surface area contributed by atoms with Crippen LogP contribution in [0.2, 0.25) is 0 Å². The van der Waals surface area contributed by atoms with Crippen LogP contribution in [0.1, 0.15) is 68.8 Å². The van der Waals surface area contributed by atoms with Crippen LogP contribution in [0.3, 0.4) is 0 Å². The normalized spacial score (nSPS) is 17.6. The summed E-state index contributed by atoms with van der Waals surface area (Å²) in [5.41, 5.74) is 6.76. The molecule has 0 saturated carbocycles. The maximum absolute atomic E-state index is 13.6. The van der Waals surface area contributed by atoms with Gasteiger partial charge in [0.1, 0.15) is 24.3 Å². The van der Waals surface area contributed by atoms with E-state index in [1.165, 1.54) is 7.11 Å². The van der Waals surface area contributed by atoms with Gasteiger partial charge in [0.05, 0.1) is 42.1 Å². The molecule has 3 atom stereocenters. The van der Waals surface area contributed by atoms with Gasteiger partial charge in [-0.05, 0) is 83.3 Å². The van der Waals surface area contributed by atoms with Gasteiger partial charge in [-0.2, -0.15) is 0 Å². The molecule has 55 heavy (non-hydrogen) atoms. The molecule has 2 aromatic heterocycles. The molecule has 3 N–H and O–H groups in total. The Hall–Kier alpha value is -6.17. The highest BCUT2D eigenvalue weighted by atomic mass is 16.6. The van der Waals surface area contributed by atoms with E-state index in [0.717, 1.165) is 87.1 Å². The van der Waals surface area contributed by atoms with E-state index in [4.69, 9.17) is 19.4 Å². The number of methoxy groups -OCH3 is 1. The second-order valence-electron chi connectivity index (χ2n) is 14.8. The fraction of sp³-hybridized carbons (Fsp3) is 0.326. The molecule has 4 aromatic carbocycles. The first-order valence-corrected chi connectivity index (χ1v) is 19.0. The number of ether oxygens (including phenoxy) is 2. The quantitative estimate of drug-likeness (QED) is 0.135. The van der Waals surface area contributed by atoms with Gasteiger partial charge in [0.15, 0.2) is 0 Å². The molecule has 2 aliphatic heterocycles. The van der Waals surface area contributed by atoms with Crippen molar-refractivity contribution < 1.29 is 23.9 Å². The molecule has 0 spiro atoms. The van der Waals surface area contributed by atoms with Crippen molar-refractivity contribution in [3.8, 4) is 22.4 Å². The number of carbonyl (C=O) groups is 3. The summed E-state index contributed by atoms with van der Waals surface area (Å²) in [7, 11) is 1.30. The van der Waals surface area contributed by atoms with Crippen molar-refractivity contribution in [2.75, 3.05) is 20.2 Å². The largest absolute Gasteiger partial charge is 0.453 e. The van der Waals surface area contributed by atoms with Crippen molar-refractivity contribution in [3.05, 3.63) is 108 Å². The predicted octanol–water partition coefficient (Wildman–Crippen LogP) is 8.29. The molecule has 2 saturated heterocycles. The standard InChI is InChI=1S/C43H45N7O5/c1-26(2)38(48-42(52)54-3)41(51)49-19-7-11-36(49)39-44-24-35(47-39)32-16-15-28-21-29(13-14-30(28)22-32)31-17-18-33-34(23-31)46-40(45-33)37-12-8-20-50(37)43(53)55-25-27-9-5-4-6-10-27/h4-6,9-10,13-18,21-24,26,36-38H,7-8,11-12,19-20,25H2,1-3H3,(H,44,47)(H,45,46)(H,48,52)/t36-,37-,38-/m0/s1. The number of alkyl carbamates (subject to hydrolysis) is 1. The third-order valence-corrected chi connectivity index (χ3v) is 10.8. The summed E-state index contributed by atoms with van der Waals surface area (Å²) in [6, 6.07) is 27.7. The van der Waals surface area contributed by atoms with Gasteiger partial charge < -0.3 is 29.7 Å². The fourth-order valence-electron chi connectivity index (χ4n) is 7.88. The number of hydrogen-bond donors (Lipinski definition) is 3. The first-order chi connectivity index (χ1) is 26.7. The lowest BCUT2D eigenvalue weighted by Gasteiger charge is -2.30. The summed E-state index contributed by atoms with van der Waals surface area (Å²) in [5, 5.41) is 4.90. The summed E-state index contributed by atoms with van der Waals surface area (Å²) in [6.45, 7) is 5.29. The van der Waals surface area contributed by atoms with E-state index in [9.17, 15) is 14.4 Å². The summed E-state index contributed by atoms with van der Waals surface area (Å²) < 4.78 is 10.4. The Bertz CT molecular complexity index is 2350. The number of amides is 3. The van der Waals surface area contributed by atoms with Gasteiger partial charge in [-0.3, -0.25) is 9.69 Å². The van der Waals surface area contributed by atoms with Crippen molar-refractivity contribution in [2.45, 2.75) is 64.3 Å². The second-order valence-corrected chi connectivity index (χ2v) is 14.8. The monoisotopic (exact) mass is 739 g/mol. The number of fused-ring (bicyclic) bond motifs is 2. The number of aromatic nitrogens is 4. The summed E-state index contributed by atoms with van der Waals surface area (Å²) in [6.07, 6.45) is 4.25. The smallest absolute Gasteiger partial charge is 0.410 e.